The van der Waals surface area contributed by atoms with Crippen molar-refractivity contribution >= 4 is 22.8 Å². The molecule has 2 N–H and O–H groups in total. The van der Waals surface area contributed by atoms with Crippen LogP contribution in [0.3, 0.4) is 0 Å². The molecule has 1 atom stereocenters. The number of aromatic nitrogens is 3. The number of aromatic amines is 1. The smallest absolute Gasteiger partial charge is 0.347 e. The summed E-state index contributed by atoms with van der Waals surface area (Å²) in [6.45, 7) is 0.933. The first kappa shape index (κ1) is 20.8. The normalized spacial score (nSPS) is 16.6. The maximum absolute atomic E-state index is 12.6. The number of hydrogen-bond donors (Lipinski definition) is 2. The molecule has 0 radical (unpaired) electrons. The molecule has 0 aliphatic carbocycles. The molecule has 1 fully saturated rings. The Balaban J connectivity index is 1.27. The van der Waals surface area contributed by atoms with Crippen molar-refractivity contribution in [3.05, 3.63) is 59.2 Å². The van der Waals surface area contributed by atoms with Gasteiger partial charge in [0.2, 0.25) is 5.91 Å². The van der Waals surface area contributed by atoms with Gasteiger partial charge in [-0.25, -0.2) is 0 Å². The second-order valence-corrected chi connectivity index (χ2v) is 7.54. The van der Waals surface area contributed by atoms with Gasteiger partial charge in [-0.2, -0.15) is 13.2 Å². The van der Waals surface area contributed by atoms with E-state index < -0.39 is 11.7 Å². The van der Waals surface area contributed by atoms with Crippen molar-refractivity contribution in [1.82, 2.24) is 25.6 Å². The Hall–Kier alpha value is -3.43. The van der Waals surface area contributed by atoms with Gasteiger partial charge >= 0.3 is 6.18 Å². The molecular formula is C21H20F3N5O2. The molecule has 1 saturated heterocycles. The second kappa shape index (κ2) is 8.37. The van der Waals surface area contributed by atoms with Gasteiger partial charge in [0, 0.05) is 31.1 Å². The number of halogens is 3. The van der Waals surface area contributed by atoms with E-state index in [4.69, 9.17) is 0 Å². The Morgan fingerprint density at radius 2 is 1.94 bits per heavy atom. The minimum absolute atomic E-state index is 0.0827. The topological polar surface area (TPSA) is 91.0 Å². The Kier molecular flexibility index (Phi) is 5.62. The van der Waals surface area contributed by atoms with Crippen LogP contribution in [0.4, 0.5) is 13.2 Å². The average Bonchev–Trinajstić information content (AvgIpc) is 3.40. The third-order valence-electron chi connectivity index (χ3n) is 5.37. The zero-order valence-corrected chi connectivity index (χ0v) is 16.4. The summed E-state index contributed by atoms with van der Waals surface area (Å²) in [4.78, 5) is 26.7. The zero-order valence-electron chi connectivity index (χ0n) is 16.4. The molecule has 2 amide bonds. The van der Waals surface area contributed by atoms with E-state index in [0.29, 0.717) is 42.6 Å². The van der Waals surface area contributed by atoms with Crippen molar-refractivity contribution in [2.75, 3.05) is 13.1 Å². The largest absolute Gasteiger partial charge is 0.416 e. The summed E-state index contributed by atoms with van der Waals surface area (Å²) in [6, 6.07) is 9.75. The van der Waals surface area contributed by atoms with Gasteiger partial charge in [0.05, 0.1) is 11.1 Å². The van der Waals surface area contributed by atoms with Gasteiger partial charge in [0.1, 0.15) is 5.52 Å². The van der Waals surface area contributed by atoms with Crippen molar-refractivity contribution in [2.24, 2.45) is 0 Å². The van der Waals surface area contributed by atoms with Gasteiger partial charge in [0.15, 0.2) is 0 Å². The van der Waals surface area contributed by atoms with Gasteiger partial charge < -0.3 is 10.2 Å². The lowest BCUT2D eigenvalue weighted by molar-refractivity contribution is -0.137. The van der Waals surface area contributed by atoms with Crippen LogP contribution in [0.15, 0.2) is 42.5 Å². The SMILES string of the molecule is O=C(NC1CCN(C(=O)CCc2ccc(C(F)(F)F)cc2)C1)c1ccc2[nH]nnc2c1. The van der Waals surface area contributed by atoms with Crippen LogP contribution in [0.5, 0.6) is 0 Å². The summed E-state index contributed by atoms with van der Waals surface area (Å²) in [5, 5.41) is 13.2. The van der Waals surface area contributed by atoms with E-state index in [9.17, 15) is 22.8 Å². The number of alkyl halides is 3. The van der Waals surface area contributed by atoms with Gasteiger partial charge in [-0.05, 0) is 48.7 Å². The van der Waals surface area contributed by atoms with Gasteiger partial charge in [-0.3, -0.25) is 14.7 Å². The molecule has 4 rings (SSSR count). The number of aryl methyl sites for hydroxylation is 1. The quantitative estimate of drug-likeness (QED) is 0.650. The number of likely N-dealkylation sites (tertiary alicyclic amines) is 1. The lowest BCUT2D eigenvalue weighted by Gasteiger charge is -2.17. The van der Waals surface area contributed by atoms with E-state index >= 15 is 0 Å². The Bertz CT molecular complexity index is 1090. The van der Waals surface area contributed by atoms with Gasteiger partial charge in [-0.15, -0.1) is 5.10 Å². The van der Waals surface area contributed by atoms with E-state index in [2.05, 4.69) is 20.7 Å². The number of carbonyl (C=O) groups is 2. The molecule has 162 valence electrons. The summed E-state index contributed by atoms with van der Waals surface area (Å²) in [6.07, 6.45) is -3.16. The minimum atomic E-state index is -4.37. The number of H-pyrrole nitrogens is 1. The molecule has 2 aromatic carbocycles. The molecule has 3 aromatic rings. The highest BCUT2D eigenvalue weighted by atomic mass is 19.4. The van der Waals surface area contributed by atoms with E-state index in [1.165, 1.54) is 12.1 Å². The molecule has 31 heavy (non-hydrogen) atoms. The fraction of sp³-hybridized carbons (Fsp3) is 0.333. The number of amides is 2. The third-order valence-corrected chi connectivity index (χ3v) is 5.37. The molecule has 10 heteroatoms. The third kappa shape index (κ3) is 4.84. The molecule has 1 unspecified atom stereocenters. The fourth-order valence-corrected chi connectivity index (χ4v) is 3.63. The van der Waals surface area contributed by atoms with E-state index in [1.807, 2.05) is 0 Å². The standard InChI is InChI=1S/C21H20F3N5O2/c22-21(23,24)15-5-1-13(2-6-15)3-8-19(30)29-10-9-16(12-29)25-20(31)14-4-7-17-18(11-14)27-28-26-17/h1-2,4-7,11,16H,3,8-10,12H2,(H,25,31)(H,26,27,28). The second-order valence-electron chi connectivity index (χ2n) is 7.54. The zero-order chi connectivity index (χ0) is 22.0. The molecule has 1 aliphatic heterocycles. The van der Waals surface area contributed by atoms with Crippen LogP contribution in [-0.2, 0) is 17.4 Å². The molecule has 1 aromatic heterocycles. The first-order valence-corrected chi connectivity index (χ1v) is 9.85. The van der Waals surface area contributed by atoms with Gasteiger partial charge in [-0.1, -0.05) is 17.3 Å². The number of benzene rings is 2. The average molecular weight is 431 g/mol. The Morgan fingerprint density at radius 1 is 1.16 bits per heavy atom. The predicted octanol–water partition coefficient (Wildman–Crippen LogP) is 2.94. The fourth-order valence-electron chi connectivity index (χ4n) is 3.63. The van der Waals surface area contributed by atoms with Crippen LogP contribution < -0.4 is 5.32 Å². The summed E-state index contributed by atoms with van der Waals surface area (Å²) < 4.78 is 37.9. The molecule has 1 aliphatic rings. The van der Waals surface area contributed by atoms with E-state index in [0.717, 1.165) is 17.6 Å². The molecule has 0 bridgehead atoms. The summed E-state index contributed by atoms with van der Waals surface area (Å²) >= 11 is 0. The Morgan fingerprint density at radius 3 is 2.68 bits per heavy atom. The number of hydrogen-bond acceptors (Lipinski definition) is 4. The van der Waals surface area contributed by atoms with Crippen LogP contribution in [-0.4, -0.2) is 51.3 Å². The number of carbonyl (C=O) groups excluding carboxylic acids is 2. The van der Waals surface area contributed by atoms with E-state index in [1.54, 1.807) is 23.1 Å². The number of nitrogens with one attached hydrogen (secondary N) is 2. The van der Waals surface area contributed by atoms with Crippen molar-refractivity contribution in [1.29, 1.82) is 0 Å². The highest BCUT2D eigenvalue weighted by Crippen LogP contribution is 2.29. The lowest BCUT2D eigenvalue weighted by atomic mass is 10.1. The predicted molar refractivity (Wildman–Crippen MR) is 106 cm³/mol. The highest BCUT2D eigenvalue weighted by molar-refractivity contribution is 5.97. The minimum Gasteiger partial charge on any atom is -0.347 e. The summed E-state index contributed by atoms with van der Waals surface area (Å²) in [7, 11) is 0. The van der Waals surface area contributed by atoms with Crippen molar-refractivity contribution in [3.8, 4) is 0 Å². The summed E-state index contributed by atoms with van der Waals surface area (Å²) in [5.74, 6) is -0.324. The lowest BCUT2D eigenvalue weighted by Crippen LogP contribution is -2.38. The first-order valence-electron chi connectivity index (χ1n) is 9.85. The molecule has 0 spiro atoms. The number of rotatable bonds is 5. The molecular weight excluding hydrogens is 411 g/mol. The van der Waals surface area contributed by atoms with Crippen molar-refractivity contribution < 1.29 is 22.8 Å². The Labute approximate surface area is 175 Å². The first-order chi connectivity index (χ1) is 14.8. The van der Waals surface area contributed by atoms with Crippen molar-refractivity contribution in [2.45, 2.75) is 31.5 Å². The van der Waals surface area contributed by atoms with Gasteiger partial charge in [0.25, 0.3) is 5.91 Å². The van der Waals surface area contributed by atoms with Crippen molar-refractivity contribution in [3.63, 3.8) is 0 Å². The maximum Gasteiger partial charge on any atom is 0.416 e. The van der Waals surface area contributed by atoms with Crippen LogP contribution >= 0.6 is 0 Å². The molecule has 7 nitrogen and oxygen atoms in total. The van der Waals surface area contributed by atoms with Crippen LogP contribution in [0.25, 0.3) is 11.0 Å². The van der Waals surface area contributed by atoms with Crippen LogP contribution in [0, 0.1) is 0 Å². The van der Waals surface area contributed by atoms with Crippen LogP contribution in [0.1, 0.15) is 34.3 Å². The molecule has 0 saturated carbocycles. The monoisotopic (exact) mass is 431 g/mol. The number of nitrogens with zero attached hydrogens (tertiary/aromatic N) is 3. The molecule has 2 heterocycles. The maximum atomic E-state index is 12.6. The highest BCUT2D eigenvalue weighted by Gasteiger charge is 2.30. The summed E-state index contributed by atoms with van der Waals surface area (Å²) in [5.41, 5.74) is 1.77. The number of fused-ring (bicyclic) bond motifs is 1. The van der Waals surface area contributed by atoms with E-state index in [-0.39, 0.29) is 24.3 Å². The van der Waals surface area contributed by atoms with Crippen LogP contribution in [0.2, 0.25) is 0 Å².